The molecule has 2 aliphatic rings. The van der Waals surface area contributed by atoms with Crippen molar-refractivity contribution in [2.45, 2.75) is 39.8 Å². The van der Waals surface area contributed by atoms with Gasteiger partial charge in [-0.25, -0.2) is 4.98 Å². The Morgan fingerprint density at radius 2 is 1.64 bits per heavy atom. The molecular formula is C26H32F3N7. The van der Waals surface area contributed by atoms with Crippen LogP contribution in [0, 0.1) is 0 Å². The number of aromatic nitrogens is 4. The number of pyridine rings is 1. The van der Waals surface area contributed by atoms with Crippen LogP contribution in [0.4, 0.5) is 30.9 Å². The first-order valence-corrected chi connectivity index (χ1v) is 12.4. The van der Waals surface area contributed by atoms with Gasteiger partial charge in [-0.3, -0.25) is 0 Å². The molecule has 0 amide bonds. The number of halogens is 3. The van der Waals surface area contributed by atoms with E-state index in [0.717, 1.165) is 37.6 Å². The average molecular weight is 500 g/mol. The van der Waals surface area contributed by atoms with Crippen molar-refractivity contribution in [3.05, 3.63) is 59.6 Å². The second kappa shape index (κ2) is 11.1. The number of anilines is 3. The molecule has 2 aromatic rings. The number of nitrogens with zero attached hydrogens (tertiary/aromatic N) is 7. The van der Waals surface area contributed by atoms with Crippen LogP contribution in [0.5, 0.6) is 0 Å². The molecule has 1 aliphatic heterocycles. The predicted molar refractivity (Wildman–Crippen MR) is 137 cm³/mol. The summed E-state index contributed by atoms with van der Waals surface area (Å²) in [6.45, 7) is 9.46. The Kier molecular flexibility index (Phi) is 7.91. The molecule has 0 N–H and O–H groups in total. The first kappa shape index (κ1) is 25.7. The maximum absolute atomic E-state index is 13.5. The van der Waals surface area contributed by atoms with E-state index in [1.807, 2.05) is 11.0 Å². The number of piperazine rings is 1. The van der Waals surface area contributed by atoms with Crippen LogP contribution < -0.4 is 14.7 Å². The van der Waals surface area contributed by atoms with Crippen molar-refractivity contribution in [1.82, 2.24) is 19.9 Å². The topological polar surface area (TPSA) is 61.3 Å². The van der Waals surface area contributed by atoms with Crippen LogP contribution in [-0.4, -0.2) is 59.2 Å². The molecule has 1 fully saturated rings. The predicted octanol–water partition coefficient (Wildman–Crippen LogP) is 5.14. The molecule has 3 heterocycles. The summed E-state index contributed by atoms with van der Waals surface area (Å²) in [4.78, 5) is 24.1. The third-order valence-corrected chi connectivity index (χ3v) is 6.47. The van der Waals surface area contributed by atoms with E-state index in [0.29, 0.717) is 43.9 Å². The maximum Gasteiger partial charge on any atom is 0.419 e. The molecule has 36 heavy (non-hydrogen) atoms. The second-order valence-corrected chi connectivity index (χ2v) is 8.64. The molecule has 0 spiro atoms. The summed E-state index contributed by atoms with van der Waals surface area (Å²) in [5.74, 6) is 1.72. The van der Waals surface area contributed by atoms with E-state index in [9.17, 15) is 13.2 Å². The van der Waals surface area contributed by atoms with Crippen molar-refractivity contribution < 1.29 is 13.2 Å². The molecule has 10 heteroatoms. The second-order valence-electron chi connectivity index (χ2n) is 8.64. The number of hydrogen-bond donors (Lipinski definition) is 0. The number of rotatable bonds is 7. The van der Waals surface area contributed by atoms with Crippen LogP contribution in [-0.2, 0) is 6.18 Å². The monoisotopic (exact) mass is 499 g/mol. The Bertz CT molecular complexity index is 1140. The summed E-state index contributed by atoms with van der Waals surface area (Å²) in [6.07, 6.45) is 7.17. The van der Waals surface area contributed by atoms with Gasteiger partial charge in [-0.1, -0.05) is 36.8 Å². The highest BCUT2D eigenvalue weighted by Gasteiger charge is 2.36. The third kappa shape index (κ3) is 5.68. The molecule has 0 atom stereocenters. The first-order chi connectivity index (χ1) is 17.3. The lowest BCUT2D eigenvalue weighted by Crippen LogP contribution is -2.48. The van der Waals surface area contributed by atoms with Crippen molar-refractivity contribution in [3.8, 4) is 0 Å². The molecule has 1 saturated heterocycles. The van der Waals surface area contributed by atoms with Crippen molar-refractivity contribution >= 4 is 23.3 Å². The Morgan fingerprint density at radius 3 is 2.31 bits per heavy atom. The zero-order chi connectivity index (χ0) is 25.7. The van der Waals surface area contributed by atoms with E-state index in [1.165, 1.54) is 17.8 Å². The molecule has 0 bridgehead atoms. The van der Waals surface area contributed by atoms with Gasteiger partial charge in [0.25, 0.3) is 0 Å². The Balaban J connectivity index is 1.60. The van der Waals surface area contributed by atoms with Gasteiger partial charge in [0.1, 0.15) is 5.82 Å². The summed E-state index contributed by atoms with van der Waals surface area (Å²) in [5, 5.41) is 0. The van der Waals surface area contributed by atoms with E-state index in [1.54, 1.807) is 4.90 Å². The molecular weight excluding hydrogens is 467 g/mol. The molecule has 0 aromatic carbocycles. The Hall–Kier alpha value is -3.43. The fourth-order valence-electron chi connectivity index (χ4n) is 4.36. The van der Waals surface area contributed by atoms with Gasteiger partial charge in [0.05, 0.1) is 5.56 Å². The van der Waals surface area contributed by atoms with Crippen LogP contribution >= 0.6 is 0 Å². The summed E-state index contributed by atoms with van der Waals surface area (Å²) in [6, 6.07) is 2.40. The minimum absolute atomic E-state index is 0.0298. The van der Waals surface area contributed by atoms with Gasteiger partial charge in [0.15, 0.2) is 5.82 Å². The summed E-state index contributed by atoms with van der Waals surface area (Å²) in [7, 11) is 0. The summed E-state index contributed by atoms with van der Waals surface area (Å²) >= 11 is 0. The third-order valence-electron chi connectivity index (χ3n) is 6.47. The highest BCUT2D eigenvalue weighted by molar-refractivity contribution is 5.72. The molecule has 2 aromatic heterocycles. The smallest absolute Gasteiger partial charge is 0.353 e. The minimum atomic E-state index is -4.45. The fraction of sp³-hybridized carbons (Fsp3) is 0.462. The van der Waals surface area contributed by atoms with Gasteiger partial charge >= 0.3 is 6.18 Å². The number of hydrogen-bond acceptors (Lipinski definition) is 7. The van der Waals surface area contributed by atoms with Crippen LogP contribution in [0.3, 0.4) is 0 Å². The SMILES string of the molecule is CCC1=CCC=C(c2nc(N(CC)CC)nc(N3CCN(c4ncccc4C(F)(F)F)CC3)n2)C=C1. The average Bonchev–Trinajstić information content (AvgIpc) is 3.15. The van der Waals surface area contributed by atoms with Gasteiger partial charge in [-0.2, -0.15) is 28.1 Å². The van der Waals surface area contributed by atoms with Gasteiger partial charge in [-0.05, 0) is 38.8 Å². The lowest BCUT2D eigenvalue weighted by Gasteiger charge is -2.36. The normalized spacial score (nSPS) is 16.5. The lowest BCUT2D eigenvalue weighted by atomic mass is 10.1. The molecule has 0 saturated carbocycles. The van der Waals surface area contributed by atoms with Crippen molar-refractivity contribution in [3.63, 3.8) is 0 Å². The van der Waals surface area contributed by atoms with Gasteiger partial charge in [0, 0.05) is 51.0 Å². The van der Waals surface area contributed by atoms with Crippen molar-refractivity contribution in [2.75, 3.05) is 54.0 Å². The highest BCUT2D eigenvalue weighted by Crippen LogP contribution is 2.35. The molecule has 4 rings (SSSR count). The molecule has 0 radical (unpaired) electrons. The van der Waals surface area contributed by atoms with E-state index in [-0.39, 0.29) is 5.82 Å². The molecule has 192 valence electrons. The highest BCUT2D eigenvalue weighted by atomic mass is 19.4. The van der Waals surface area contributed by atoms with Gasteiger partial charge in [0.2, 0.25) is 11.9 Å². The quantitative estimate of drug-likeness (QED) is 0.523. The van der Waals surface area contributed by atoms with E-state index in [4.69, 9.17) is 15.0 Å². The number of alkyl halides is 3. The molecule has 0 unspecified atom stereocenters. The Labute approximate surface area is 210 Å². The van der Waals surface area contributed by atoms with Crippen LogP contribution in [0.15, 0.2) is 48.2 Å². The zero-order valence-corrected chi connectivity index (χ0v) is 21.0. The van der Waals surface area contributed by atoms with E-state index >= 15 is 0 Å². The van der Waals surface area contributed by atoms with Crippen LogP contribution in [0.1, 0.15) is 45.0 Å². The van der Waals surface area contributed by atoms with Crippen molar-refractivity contribution in [1.29, 1.82) is 0 Å². The fourth-order valence-corrected chi connectivity index (χ4v) is 4.36. The van der Waals surface area contributed by atoms with Crippen LogP contribution in [0.2, 0.25) is 0 Å². The zero-order valence-electron chi connectivity index (χ0n) is 21.0. The summed E-state index contributed by atoms with van der Waals surface area (Å²) < 4.78 is 40.5. The lowest BCUT2D eigenvalue weighted by molar-refractivity contribution is -0.137. The number of allylic oxidation sites excluding steroid dienone is 6. The van der Waals surface area contributed by atoms with Gasteiger partial charge in [-0.15, -0.1) is 0 Å². The van der Waals surface area contributed by atoms with Gasteiger partial charge < -0.3 is 14.7 Å². The minimum Gasteiger partial charge on any atom is -0.353 e. The van der Waals surface area contributed by atoms with E-state index < -0.39 is 11.7 Å². The van der Waals surface area contributed by atoms with E-state index in [2.05, 4.69) is 48.9 Å². The Morgan fingerprint density at radius 1 is 0.917 bits per heavy atom. The maximum atomic E-state index is 13.5. The standard InChI is InChI=1S/C26H32F3N7/c1-4-19-9-7-10-20(13-12-19)22-31-24(34(5-2)6-3)33-25(32-22)36-17-15-35(16-18-36)23-21(26(27,28)29)11-8-14-30-23/h8-14H,4-7,15-18H2,1-3H3. The largest absolute Gasteiger partial charge is 0.419 e. The van der Waals surface area contributed by atoms with Crippen LogP contribution in [0.25, 0.3) is 5.57 Å². The molecule has 1 aliphatic carbocycles. The van der Waals surface area contributed by atoms with Crippen molar-refractivity contribution in [2.24, 2.45) is 0 Å². The first-order valence-electron chi connectivity index (χ1n) is 12.4. The molecule has 7 nitrogen and oxygen atoms in total. The summed E-state index contributed by atoms with van der Waals surface area (Å²) in [5.41, 5.74) is 1.49.